The van der Waals surface area contributed by atoms with E-state index in [-0.39, 0.29) is 11.4 Å². The second-order valence-electron chi connectivity index (χ2n) is 2.98. The van der Waals surface area contributed by atoms with Crippen LogP contribution in [-0.2, 0) is 0 Å². The Balaban J connectivity index is 2.92. The number of aromatic nitrogens is 1. The highest BCUT2D eigenvalue weighted by Gasteiger charge is 2.17. The predicted molar refractivity (Wildman–Crippen MR) is 53.6 cm³/mol. The van der Waals surface area contributed by atoms with Crippen LogP contribution in [0.1, 0.15) is 10.4 Å². The average Bonchev–Trinajstić information content (AvgIpc) is 2.26. The molecule has 92 valence electrons. The van der Waals surface area contributed by atoms with E-state index < -0.39 is 29.5 Å². The van der Waals surface area contributed by atoms with Crippen molar-refractivity contribution < 1.29 is 18.5 Å². The molecule has 0 radical (unpaired) electrons. The van der Waals surface area contributed by atoms with Crippen molar-refractivity contribution >= 4 is 17.4 Å². The fourth-order valence-corrected chi connectivity index (χ4v) is 1.01. The van der Waals surface area contributed by atoms with Crippen LogP contribution in [0.4, 0.5) is 20.3 Å². The maximum atomic E-state index is 11.8. The summed E-state index contributed by atoms with van der Waals surface area (Å²) in [5.41, 5.74) is 4.57. The molecule has 1 rings (SSSR count). The Bertz CT molecular complexity index is 452. The maximum Gasteiger partial charge on any atom is 0.288 e. The normalized spacial score (nSPS) is 10.3. The van der Waals surface area contributed by atoms with Gasteiger partial charge in [0.15, 0.2) is 0 Å². The molecule has 9 heteroatoms. The van der Waals surface area contributed by atoms with Crippen LogP contribution in [0.15, 0.2) is 12.3 Å². The van der Waals surface area contributed by atoms with Gasteiger partial charge in [0.05, 0.1) is 17.0 Å². The molecule has 1 amide bonds. The summed E-state index contributed by atoms with van der Waals surface area (Å²) in [5.74, 6) is -1.19. The summed E-state index contributed by atoms with van der Waals surface area (Å²) < 4.78 is 23.7. The molecule has 0 saturated carbocycles. The number of hydrogen-bond donors (Lipinski definition) is 2. The smallest absolute Gasteiger partial charge is 0.288 e. The van der Waals surface area contributed by atoms with Gasteiger partial charge in [0, 0.05) is 6.07 Å². The molecule has 0 aliphatic rings. The molecule has 0 saturated heterocycles. The van der Waals surface area contributed by atoms with Crippen molar-refractivity contribution in [3.05, 3.63) is 27.9 Å². The highest BCUT2D eigenvalue weighted by molar-refractivity contribution is 5.98. The minimum Gasteiger partial charge on any atom is -0.383 e. The number of nitrogens with zero attached hydrogens (tertiary/aromatic N) is 2. The van der Waals surface area contributed by atoms with Crippen molar-refractivity contribution in [2.45, 2.75) is 6.43 Å². The number of pyridine rings is 1. The Kier molecular flexibility index (Phi) is 3.86. The molecule has 1 aromatic heterocycles. The second kappa shape index (κ2) is 5.14. The van der Waals surface area contributed by atoms with Gasteiger partial charge in [-0.25, -0.2) is 13.8 Å². The number of hydrogen-bond acceptors (Lipinski definition) is 5. The van der Waals surface area contributed by atoms with E-state index in [4.69, 9.17) is 5.73 Å². The summed E-state index contributed by atoms with van der Waals surface area (Å²) in [5, 5.41) is 12.3. The number of carbonyl (C=O) groups is 1. The van der Waals surface area contributed by atoms with Gasteiger partial charge < -0.3 is 11.1 Å². The lowest BCUT2D eigenvalue weighted by Crippen LogP contribution is -2.29. The first-order chi connectivity index (χ1) is 7.91. The zero-order valence-electron chi connectivity index (χ0n) is 8.39. The summed E-state index contributed by atoms with van der Waals surface area (Å²) in [6, 6.07) is 0.878. The molecular formula is C8H8F2N4O3. The Morgan fingerprint density at radius 2 is 2.29 bits per heavy atom. The minimum atomic E-state index is -2.72. The number of nitrogen functional groups attached to an aromatic ring is 1. The number of halogens is 2. The molecule has 0 aliphatic carbocycles. The largest absolute Gasteiger partial charge is 0.383 e. The van der Waals surface area contributed by atoms with Crippen molar-refractivity contribution in [2.75, 3.05) is 12.3 Å². The fraction of sp³-hybridized carbons (Fsp3) is 0.250. The Morgan fingerprint density at radius 1 is 1.65 bits per heavy atom. The highest BCUT2D eigenvalue weighted by Crippen LogP contribution is 2.16. The van der Waals surface area contributed by atoms with Crippen molar-refractivity contribution in [3.8, 4) is 0 Å². The summed E-state index contributed by atoms with van der Waals surface area (Å²) in [4.78, 5) is 24.5. The summed E-state index contributed by atoms with van der Waals surface area (Å²) in [6.45, 7) is -0.860. The van der Waals surface area contributed by atoms with Gasteiger partial charge in [-0.1, -0.05) is 0 Å². The topological polar surface area (TPSA) is 111 Å². The Morgan fingerprint density at radius 3 is 2.82 bits per heavy atom. The number of carbonyl (C=O) groups excluding carboxylic acids is 1. The van der Waals surface area contributed by atoms with Gasteiger partial charge in [0.25, 0.3) is 18.0 Å². The first kappa shape index (κ1) is 12.7. The van der Waals surface area contributed by atoms with Crippen molar-refractivity contribution in [2.24, 2.45) is 0 Å². The van der Waals surface area contributed by atoms with E-state index in [1.165, 1.54) is 0 Å². The predicted octanol–water partition coefficient (Wildman–Crippen LogP) is 0.567. The van der Waals surface area contributed by atoms with Crippen molar-refractivity contribution in [3.63, 3.8) is 0 Å². The first-order valence-electron chi connectivity index (χ1n) is 4.38. The zero-order valence-corrected chi connectivity index (χ0v) is 8.39. The Hall–Kier alpha value is -2.32. The molecule has 0 bridgehead atoms. The molecule has 0 spiro atoms. The van der Waals surface area contributed by atoms with E-state index in [2.05, 4.69) is 4.98 Å². The third-order valence-electron chi connectivity index (χ3n) is 1.78. The summed E-state index contributed by atoms with van der Waals surface area (Å²) in [7, 11) is 0. The van der Waals surface area contributed by atoms with E-state index in [0.29, 0.717) is 0 Å². The quantitative estimate of drug-likeness (QED) is 0.595. The molecule has 0 aromatic carbocycles. The van der Waals surface area contributed by atoms with Crippen LogP contribution in [0, 0.1) is 10.1 Å². The first-order valence-corrected chi connectivity index (χ1v) is 4.38. The number of alkyl halides is 2. The van der Waals surface area contributed by atoms with Gasteiger partial charge >= 0.3 is 0 Å². The van der Waals surface area contributed by atoms with Crippen LogP contribution in [0.25, 0.3) is 0 Å². The molecular weight excluding hydrogens is 238 g/mol. The molecule has 0 fully saturated rings. The molecule has 7 nitrogen and oxygen atoms in total. The van der Waals surface area contributed by atoms with Crippen molar-refractivity contribution in [1.82, 2.24) is 10.3 Å². The molecule has 0 aliphatic heterocycles. The lowest BCUT2D eigenvalue weighted by molar-refractivity contribution is -0.385. The number of nitrogens with two attached hydrogens (primary N) is 1. The van der Waals surface area contributed by atoms with E-state index >= 15 is 0 Å². The maximum absolute atomic E-state index is 11.8. The average molecular weight is 246 g/mol. The monoisotopic (exact) mass is 246 g/mol. The van der Waals surface area contributed by atoms with Gasteiger partial charge in [0.1, 0.15) is 12.0 Å². The summed E-state index contributed by atoms with van der Waals surface area (Å²) in [6.07, 6.45) is -1.84. The number of nitro groups is 1. The van der Waals surface area contributed by atoms with Crippen molar-refractivity contribution in [1.29, 1.82) is 0 Å². The Labute approximate surface area is 93.8 Å². The summed E-state index contributed by atoms with van der Waals surface area (Å²) >= 11 is 0. The third kappa shape index (κ3) is 3.33. The lowest BCUT2D eigenvalue weighted by Gasteiger charge is -2.05. The van der Waals surface area contributed by atoms with E-state index in [1.54, 1.807) is 0 Å². The van der Waals surface area contributed by atoms with E-state index in [0.717, 1.165) is 12.3 Å². The van der Waals surface area contributed by atoms with Gasteiger partial charge in [-0.05, 0) is 0 Å². The van der Waals surface area contributed by atoms with Gasteiger partial charge in [-0.15, -0.1) is 0 Å². The van der Waals surface area contributed by atoms with E-state index in [1.807, 2.05) is 5.32 Å². The molecule has 0 atom stereocenters. The molecule has 1 aromatic rings. The zero-order chi connectivity index (χ0) is 13.0. The SMILES string of the molecule is Nc1ncc([N+](=O)[O-])cc1C(=O)NCC(F)F. The van der Waals surface area contributed by atoms with Crippen LogP contribution < -0.4 is 11.1 Å². The number of amides is 1. The third-order valence-corrected chi connectivity index (χ3v) is 1.78. The van der Waals surface area contributed by atoms with Crippen LogP contribution >= 0.6 is 0 Å². The minimum absolute atomic E-state index is 0.262. The molecule has 3 N–H and O–H groups in total. The number of anilines is 1. The fourth-order valence-electron chi connectivity index (χ4n) is 1.01. The van der Waals surface area contributed by atoms with E-state index in [9.17, 15) is 23.7 Å². The van der Waals surface area contributed by atoms with Crippen LogP contribution in [0.3, 0.4) is 0 Å². The number of rotatable bonds is 4. The van der Waals surface area contributed by atoms with Gasteiger partial charge in [0.2, 0.25) is 0 Å². The second-order valence-corrected chi connectivity index (χ2v) is 2.98. The highest BCUT2D eigenvalue weighted by atomic mass is 19.3. The molecule has 17 heavy (non-hydrogen) atoms. The number of nitrogens with one attached hydrogen (secondary N) is 1. The van der Waals surface area contributed by atoms with Gasteiger partial charge in [-0.2, -0.15) is 0 Å². The van der Waals surface area contributed by atoms with Crippen LogP contribution in [0.5, 0.6) is 0 Å². The standard InChI is InChI=1S/C8H8F2N4O3/c9-6(10)3-13-8(15)5-1-4(14(16)17)2-12-7(5)11/h1-2,6H,3H2,(H2,11,12)(H,13,15). The molecule has 0 unspecified atom stereocenters. The molecule has 1 heterocycles. The van der Waals surface area contributed by atoms with Gasteiger partial charge in [-0.3, -0.25) is 14.9 Å². The van der Waals surface area contributed by atoms with Crippen LogP contribution in [0.2, 0.25) is 0 Å². The van der Waals surface area contributed by atoms with Crippen LogP contribution in [-0.4, -0.2) is 28.8 Å². The lowest BCUT2D eigenvalue weighted by atomic mass is 10.2.